The summed E-state index contributed by atoms with van der Waals surface area (Å²) >= 11 is 17.2. The minimum Gasteiger partial charge on any atom is -0.390 e. The summed E-state index contributed by atoms with van der Waals surface area (Å²) in [5, 5.41) is 29.8. The zero-order chi connectivity index (χ0) is 29.2. The number of aryl methyl sites for hydroxylation is 1. The van der Waals surface area contributed by atoms with Crippen LogP contribution in [0.15, 0.2) is 24.3 Å². The van der Waals surface area contributed by atoms with E-state index in [4.69, 9.17) is 39.3 Å². The molecule has 1 saturated carbocycles. The molecule has 1 unspecified atom stereocenters. The maximum Gasteiger partial charge on any atom is 0.376 e. The van der Waals surface area contributed by atoms with Crippen molar-refractivity contribution >= 4 is 67.0 Å². The number of hydrogen-bond acceptors (Lipinski definition) is 10. The smallest absolute Gasteiger partial charge is 0.376 e. The lowest BCUT2D eigenvalue weighted by molar-refractivity contribution is -0.00372. The van der Waals surface area contributed by atoms with Crippen molar-refractivity contribution in [2.45, 2.75) is 47.4 Å². The fourth-order valence-electron chi connectivity index (χ4n) is 5.29. The van der Waals surface area contributed by atoms with Gasteiger partial charge in [0.15, 0.2) is 17.0 Å². The normalized spacial score (nSPS) is 26.7. The van der Waals surface area contributed by atoms with Crippen LogP contribution < -0.4 is 4.90 Å². The molecule has 40 heavy (non-hydrogen) atoms. The number of rotatable bonds is 8. The van der Waals surface area contributed by atoms with Crippen LogP contribution in [0, 0.1) is 5.92 Å². The monoisotopic (exact) mass is 656 g/mol. The van der Waals surface area contributed by atoms with Crippen molar-refractivity contribution in [3.63, 3.8) is 0 Å². The summed E-state index contributed by atoms with van der Waals surface area (Å²) in [5.74, 6) is -0.551. The van der Waals surface area contributed by atoms with Crippen molar-refractivity contribution in [2.75, 3.05) is 18.6 Å². The van der Waals surface area contributed by atoms with Gasteiger partial charge in [-0.2, -0.15) is 9.97 Å². The average molecular weight is 658 g/mol. The van der Waals surface area contributed by atoms with Gasteiger partial charge in [0.1, 0.15) is 6.10 Å². The molecule has 19 heteroatoms. The van der Waals surface area contributed by atoms with Gasteiger partial charge in [-0.15, -0.1) is 5.10 Å². The zero-order valence-corrected chi connectivity index (χ0v) is 24.8. The standard InChI is InChI=1S/C21H25Cl3N6O8P2/c1-29(13-7-6-10-4-2-3-5-12(10)13)18-15-19(26-20(22)25-18)30(28-27-15)14-8-11(16(31)17(14)32)9-38-40(36,37)21(23,24)39(33,34)35/h2-5,11,13-14,16-17,31-32H,6-9H2,1H3,(H,36,37)(H2,33,34,35)/t11-,13+,14-,16-,17+/m1/s1. The summed E-state index contributed by atoms with van der Waals surface area (Å²) in [6.07, 6.45) is -1.21. The van der Waals surface area contributed by atoms with Crippen molar-refractivity contribution in [3.05, 3.63) is 40.7 Å². The van der Waals surface area contributed by atoms with Gasteiger partial charge in [-0.1, -0.05) is 52.7 Å². The van der Waals surface area contributed by atoms with Gasteiger partial charge in [-0.05, 0) is 42.0 Å². The van der Waals surface area contributed by atoms with Crippen LogP contribution in [0.2, 0.25) is 5.28 Å². The van der Waals surface area contributed by atoms with Crippen LogP contribution in [-0.2, 0) is 20.1 Å². The summed E-state index contributed by atoms with van der Waals surface area (Å²) in [6.45, 7) is -0.707. The molecule has 2 aromatic heterocycles. The average Bonchev–Trinajstić information content (AvgIpc) is 3.57. The molecule has 0 aliphatic heterocycles. The zero-order valence-electron chi connectivity index (χ0n) is 20.7. The fraction of sp³-hybridized carbons (Fsp3) is 0.524. The quantitative estimate of drug-likeness (QED) is 0.134. The van der Waals surface area contributed by atoms with Crippen LogP contribution in [-0.4, -0.2) is 79.5 Å². The number of nitrogens with zero attached hydrogens (tertiary/aromatic N) is 6. The molecule has 6 atom stereocenters. The van der Waals surface area contributed by atoms with E-state index in [9.17, 15) is 34.0 Å². The first-order chi connectivity index (χ1) is 18.6. The van der Waals surface area contributed by atoms with Crippen molar-refractivity contribution in [1.29, 1.82) is 0 Å². The Morgan fingerprint density at radius 2 is 1.85 bits per heavy atom. The first-order valence-electron chi connectivity index (χ1n) is 12.0. The number of aliphatic hydroxyl groups excluding tert-OH is 2. The summed E-state index contributed by atoms with van der Waals surface area (Å²) in [7, 11) is -8.90. The number of aliphatic hydroxyl groups is 2. The Labute approximate surface area is 242 Å². The lowest BCUT2D eigenvalue weighted by atomic mass is 10.1. The molecular weight excluding hydrogens is 633 g/mol. The molecule has 0 amide bonds. The van der Waals surface area contributed by atoms with Crippen molar-refractivity contribution in [2.24, 2.45) is 5.92 Å². The number of aromatic nitrogens is 5. The Bertz CT molecular complexity index is 1540. The highest BCUT2D eigenvalue weighted by Gasteiger charge is 2.60. The van der Waals surface area contributed by atoms with E-state index in [0.717, 1.165) is 18.4 Å². The van der Waals surface area contributed by atoms with E-state index in [0.29, 0.717) is 11.3 Å². The van der Waals surface area contributed by atoms with Gasteiger partial charge in [0, 0.05) is 13.0 Å². The van der Waals surface area contributed by atoms with Gasteiger partial charge < -0.3 is 34.3 Å². The van der Waals surface area contributed by atoms with Gasteiger partial charge in [0.05, 0.1) is 24.8 Å². The lowest BCUT2D eigenvalue weighted by Gasteiger charge is -2.26. The van der Waals surface area contributed by atoms with Crippen molar-refractivity contribution < 1.29 is 38.5 Å². The first kappa shape index (κ1) is 30.1. The molecule has 0 radical (unpaired) electrons. The summed E-state index contributed by atoms with van der Waals surface area (Å²) in [5.41, 5.74) is 2.91. The highest BCUT2D eigenvalue weighted by molar-refractivity contribution is 7.78. The van der Waals surface area contributed by atoms with Gasteiger partial charge in [-0.25, -0.2) is 4.68 Å². The third-order valence-corrected chi connectivity index (χ3v) is 13.6. The maximum atomic E-state index is 12.4. The number of fused-ring (bicyclic) bond motifs is 2. The van der Waals surface area contributed by atoms with E-state index < -0.39 is 49.8 Å². The Kier molecular flexibility index (Phi) is 8.04. The molecule has 5 rings (SSSR count). The largest absolute Gasteiger partial charge is 0.390 e. The molecule has 218 valence electrons. The predicted molar refractivity (Wildman–Crippen MR) is 145 cm³/mol. The number of halogens is 3. The Balaban J connectivity index is 1.40. The van der Waals surface area contributed by atoms with E-state index in [1.54, 1.807) is 0 Å². The topological polar surface area (TPSA) is 204 Å². The third-order valence-electron chi connectivity index (χ3n) is 7.42. The van der Waals surface area contributed by atoms with Gasteiger partial charge in [-0.3, -0.25) is 9.13 Å². The van der Waals surface area contributed by atoms with Crippen LogP contribution in [0.5, 0.6) is 0 Å². The van der Waals surface area contributed by atoms with Gasteiger partial charge >= 0.3 is 19.0 Å². The van der Waals surface area contributed by atoms with Crippen molar-refractivity contribution in [3.8, 4) is 0 Å². The first-order valence-corrected chi connectivity index (χ1v) is 16.3. The molecule has 0 saturated heterocycles. The molecule has 0 spiro atoms. The third kappa shape index (κ3) is 5.07. The number of benzene rings is 1. The highest BCUT2D eigenvalue weighted by atomic mass is 35.5. The maximum absolute atomic E-state index is 12.4. The molecule has 14 nitrogen and oxygen atoms in total. The minimum absolute atomic E-state index is 0.00856. The van der Waals surface area contributed by atoms with E-state index in [2.05, 4.69) is 32.4 Å². The molecule has 5 N–H and O–H groups in total. The van der Waals surface area contributed by atoms with E-state index in [1.807, 2.05) is 24.1 Å². The second-order valence-corrected chi connectivity index (χ2v) is 16.6. The van der Waals surface area contributed by atoms with Gasteiger partial charge in [0.25, 0.3) is 0 Å². The summed E-state index contributed by atoms with van der Waals surface area (Å²) < 4.78 is 26.6. The summed E-state index contributed by atoms with van der Waals surface area (Å²) in [4.78, 5) is 39.1. The minimum atomic E-state index is -5.47. The van der Waals surface area contributed by atoms with Crippen LogP contribution in [0.1, 0.15) is 36.1 Å². The van der Waals surface area contributed by atoms with E-state index in [-0.39, 0.29) is 23.4 Å². The molecular formula is C21H25Cl3N6O8P2. The molecule has 1 aromatic carbocycles. The van der Waals surface area contributed by atoms with Crippen LogP contribution >= 0.6 is 50.0 Å². The predicted octanol–water partition coefficient (Wildman–Crippen LogP) is 2.75. The molecule has 3 aromatic rings. The van der Waals surface area contributed by atoms with E-state index >= 15 is 0 Å². The Morgan fingerprint density at radius 1 is 1.15 bits per heavy atom. The van der Waals surface area contributed by atoms with Crippen LogP contribution in [0.25, 0.3) is 11.2 Å². The second kappa shape index (κ2) is 10.7. The second-order valence-electron chi connectivity index (χ2n) is 9.80. The number of alkyl halides is 2. The van der Waals surface area contributed by atoms with Crippen molar-refractivity contribution in [1.82, 2.24) is 25.0 Å². The Hall–Kier alpha value is -1.41. The summed E-state index contributed by atoms with van der Waals surface area (Å²) in [6, 6.07) is 7.19. The van der Waals surface area contributed by atoms with Crippen LogP contribution in [0.3, 0.4) is 0 Å². The number of hydrogen-bond donors (Lipinski definition) is 5. The molecule has 2 aliphatic rings. The molecule has 1 fully saturated rings. The molecule has 0 bridgehead atoms. The fourth-order valence-corrected chi connectivity index (χ4v) is 7.78. The SMILES string of the molecule is CN(c1nc(Cl)nc2c1nnn2[C@@H]1C[C@H](COP(=O)(O)C(Cl)(Cl)P(=O)(O)O)[C@@H](O)[C@H]1O)[C@H]1CCc2ccccc21. The molecule has 2 heterocycles. The van der Waals surface area contributed by atoms with Gasteiger partial charge in [0.2, 0.25) is 5.28 Å². The number of anilines is 1. The Morgan fingerprint density at radius 3 is 2.55 bits per heavy atom. The molecule has 2 aliphatic carbocycles. The van der Waals surface area contributed by atoms with Crippen LogP contribution in [0.4, 0.5) is 5.82 Å². The van der Waals surface area contributed by atoms with E-state index in [1.165, 1.54) is 10.2 Å². The lowest BCUT2D eigenvalue weighted by Crippen LogP contribution is -2.31. The highest BCUT2D eigenvalue weighted by Crippen LogP contribution is 2.76.